The van der Waals surface area contributed by atoms with E-state index in [1.165, 1.54) is 20.1 Å². The zero-order valence-electron chi connectivity index (χ0n) is 11.0. The first-order valence-electron chi connectivity index (χ1n) is 6.60. The van der Waals surface area contributed by atoms with E-state index in [9.17, 15) is 0 Å². The third-order valence-electron chi connectivity index (χ3n) is 3.21. The number of hydrogen-bond acceptors (Lipinski definition) is 2. The number of pyridine rings is 1. The topological polar surface area (TPSA) is 24.9 Å². The van der Waals surface area contributed by atoms with Gasteiger partial charge in [0.1, 0.15) is 0 Å². The highest BCUT2D eigenvalue weighted by molar-refractivity contribution is 14.1. The smallest absolute Gasteiger partial charge is 0.0702 e. The number of nitrogens with zero attached hydrogens (tertiary/aromatic N) is 1. The summed E-state index contributed by atoms with van der Waals surface area (Å²) >= 11 is 2.34. The fraction of sp³-hybridized carbons (Fsp3) is 0.118. The maximum Gasteiger partial charge on any atom is 0.0702 e. The van der Waals surface area contributed by atoms with Gasteiger partial charge in [-0.1, -0.05) is 24.3 Å². The third-order valence-corrected chi connectivity index (χ3v) is 3.89. The largest absolute Gasteiger partial charge is 0.309 e. The Bertz CT molecular complexity index is 725. The molecule has 0 saturated heterocycles. The Hall–Kier alpha value is -1.46. The molecule has 0 bridgehead atoms. The average molecular weight is 374 g/mol. The van der Waals surface area contributed by atoms with Gasteiger partial charge in [0.25, 0.3) is 0 Å². The van der Waals surface area contributed by atoms with Crippen molar-refractivity contribution in [2.24, 2.45) is 0 Å². The maximum absolute atomic E-state index is 4.34. The molecular formula is C17H15IN2. The summed E-state index contributed by atoms with van der Waals surface area (Å²) < 4.78 is 1.28. The molecule has 0 saturated carbocycles. The normalized spacial score (nSPS) is 10.8. The number of fused-ring (bicyclic) bond motifs is 1. The van der Waals surface area contributed by atoms with Gasteiger partial charge in [0.05, 0.1) is 5.52 Å². The lowest BCUT2D eigenvalue weighted by Crippen LogP contribution is -2.12. The van der Waals surface area contributed by atoms with E-state index >= 15 is 0 Å². The first-order chi connectivity index (χ1) is 9.81. The second-order valence-electron chi connectivity index (χ2n) is 4.76. The van der Waals surface area contributed by atoms with Gasteiger partial charge in [0.2, 0.25) is 0 Å². The number of hydrogen-bond donors (Lipinski definition) is 1. The first kappa shape index (κ1) is 13.5. The lowest BCUT2D eigenvalue weighted by atomic mass is 10.1. The Labute approximate surface area is 132 Å². The molecule has 20 heavy (non-hydrogen) atoms. The van der Waals surface area contributed by atoms with Crippen LogP contribution in [0.2, 0.25) is 0 Å². The Kier molecular flexibility index (Phi) is 4.28. The highest BCUT2D eigenvalue weighted by Gasteiger charge is 1.98. The molecule has 100 valence electrons. The minimum absolute atomic E-state index is 0.871. The molecule has 0 aliphatic heterocycles. The van der Waals surface area contributed by atoms with Crippen LogP contribution in [-0.2, 0) is 13.1 Å². The molecule has 0 fully saturated rings. The number of aromatic nitrogens is 1. The van der Waals surface area contributed by atoms with E-state index in [1.54, 1.807) is 0 Å². The van der Waals surface area contributed by atoms with Crippen LogP contribution < -0.4 is 5.32 Å². The van der Waals surface area contributed by atoms with Gasteiger partial charge in [0, 0.05) is 28.2 Å². The van der Waals surface area contributed by atoms with Gasteiger partial charge < -0.3 is 5.32 Å². The van der Waals surface area contributed by atoms with E-state index in [4.69, 9.17) is 0 Å². The quantitative estimate of drug-likeness (QED) is 0.695. The molecule has 1 aromatic heterocycles. The molecule has 3 aromatic rings. The van der Waals surface area contributed by atoms with Gasteiger partial charge in [-0.15, -0.1) is 0 Å². The van der Waals surface area contributed by atoms with Crippen LogP contribution in [0.15, 0.2) is 60.8 Å². The summed E-state index contributed by atoms with van der Waals surface area (Å²) in [6, 6.07) is 19.1. The lowest BCUT2D eigenvalue weighted by molar-refractivity contribution is 0.693. The standard InChI is InChI=1S/C17H15IN2/c18-16-5-1-3-13(10-16)11-19-12-14-6-7-17-15(9-14)4-2-8-20-17/h1-10,19H,11-12H2. The van der Waals surface area contributed by atoms with Gasteiger partial charge in [-0.2, -0.15) is 0 Å². The summed E-state index contributed by atoms with van der Waals surface area (Å²) in [4.78, 5) is 4.34. The van der Waals surface area contributed by atoms with Crippen LogP contribution >= 0.6 is 22.6 Å². The van der Waals surface area contributed by atoms with E-state index in [0.717, 1.165) is 18.6 Å². The third kappa shape index (κ3) is 3.35. The van der Waals surface area contributed by atoms with E-state index < -0.39 is 0 Å². The highest BCUT2D eigenvalue weighted by atomic mass is 127. The van der Waals surface area contributed by atoms with E-state index in [-0.39, 0.29) is 0 Å². The Morgan fingerprint density at radius 1 is 0.900 bits per heavy atom. The molecule has 0 aliphatic rings. The van der Waals surface area contributed by atoms with Crippen LogP contribution in [0, 0.1) is 3.57 Å². The predicted molar refractivity (Wildman–Crippen MR) is 91.4 cm³/mol. The number of halogens is 1. The summed E-state index contributed by atoms with van der Waals surface area (Å²) in [7, 11) is 0. The van der Waals surface area contributed by atoms with E-state index in [1.807, 2.05) is 12.3 Å². The molecule has 1 heterocycles. The SMILES string of the molecule is Ic1cccc(CNCc2ccc3ncccc3c2)c1. The van der Waals surface area contributed by atoms with Crippen molar-refractivity contribution in [1.29, 1.82) is 0 Å². The second-order valence-corrected chi connectivity index (χ2v) is 6.01. The predicted octanol–water partition coefficient (Wildman–Crippen LogP) is 4.13. The van der Waals surface area contributed by atoms with E-state index in [0.29, 0.717) is 0 Å². The molecule has 0 unspecified atom stereocenters. The van der Waals surface area contributed by atoms with Crippen LogP contribution in [0.1, 0.15) is 11.1 Å². The molecular weight excluding hydrogens is 359 g/mol. The molecule has 2 aromatic carbocycles. The van der Waals surface area contributed by atoms with Gasteiger partial charge in [-0.3, -0.25) is 4.98 Å². The van der Waals surface area contributed by atoms with Crippen molar-refractivity contribution in [3.8, 4) is 0 Å². The molecule has 0 amide bonds. The monoisotopic (exact) mass is 374 g/mol. The Morgan fingerprint density at radius 2 is 1.75 bits per heavy atom. The zero-order chi connectivity index (χ0) is 13.8. The Balaban J connectivity index is 1.65. The van der Waals surface area contributed by atoms with Crippen LogP contribution in [0.4, 0.5) is 0 Å². The number of nitrogens with one attached hydrogen (secondary N) is 1. The van der Waals surface area contributed by atoms with Crippen molar-refractivity contribution >= 4 is 33.5 Å². The molecule has 2 nitrogen and oxygen atoms in total. The Morgan fingerprint density at radius 3 is 2.60 bits per heavy atom. The van der Waals surface area contributed by atoms with Crippen LogP contribution in [-0.4, -0.2) is 4.98 Å². The van der Waals surface area contributed by atoms with Gasteiger partial charge in [-0.25, -0.2) is 0 Å². The molecule has 0 aliphatic carbocycles. The molecule has 0 spiro atoms. The number of rotatable bonds is 4. The minimum Gasteiger partial charge on any atom is -0.309 e. The zero-order valence-corrected chi connectivity index (χ0v) is 13.2. The lowest BCUT2D eigenvalue weighted by Gasteiger charge is -2.06. The van der Waals surface area contributed by atoms with Crippen molar-refractivity contribution < 1.29 is 0 Å². The van der Waals surface area contributed by atoms with Crippen LogP contribution in [0.25, 0.3) is 10.9 Å². The van der Waals surface area contributed by atoms with Crippen molar-refractivity contribution in [2.45, 2.75) is 13.1 Å². The second kappa shape index (κ2) is 6.33. The molecule has 0 atom stereocenters. The van der Waals surface area contributed by atoms with E-state index in [2.05, 4.69) is 81.4 Å². The minimum atomic E-state index is 0.871. The van der Waals surface area contributed by atoms with Crippen molar-refractivity contribution in [1.82, 2.24) is 10.3 Å². The summed E-state index contributed by atoms with van der Waals surface area (Å²) in [6.07, 6.45) is 1.83. The molecule has 3 rings (SSSR count). The molecule has 1 N–H and O–H groups in total. The van der Waals surface area contributed by atoms with Crippen molar-refractivity contribution in [2.75, 3.05) is 0 Å². The first-order valence-corrected chi connectivity index (χ1v) is 7.68. The van der Waals surface area contributed by atoms with Crippen LogP contribution in [0.3, 0.4) is 0 Å². The summed E-state index contributed by atoms with van der Waals surface area (Å²) in [5.41, 5.74) is 3.66. The summed E-state index contributed by atoms with van der Waals surface area (Å²) in [5.74, 6) is 0. The fourth-order valence-corrected chi connectivity index (χ4v) is 2.84. The fourth-order valence-electron chi connectivity index (χ4n) is 2.23. The highest BCUT2D eigenvalue weighted by Crippen LogP contribution is 2.13. The number of benzene rings is 2. The van der Waals surface area contributed by atoms with Gasteiger partial charge in [0.15, 0.2) is 0 Å². The molecule has 0 radical (unpaired) electrons. The average Bonchev–Trinajstić information content (AvgIpc) is 2.47. The van der Waals surface area contributed by atoms with Crippen molar-refractivity contribution in [3.05, 3.63) is 75.5 Å². The van der Waals surface area contributed by atoms with Crippen molar-refractivity contribution in [3.63, 3.8) is 0 Å². The summed E-state index contributed by atoms with van der Waals surface area (Å²) in [5, 5.41) is 4.68. The van der Waals surface area contributed by atoms with Gasteiger partial charge >= 0.3 is 0 Å². The van der Waals surface area contributed by atoms with Crippen LogP contribution in [0.5, 0.6) is 0 Å². The summed E-state index contributed by atoms with van der Waals surface area (Å²) in [6.45, 7) is 1.76. The maximum atomic E-state index is 4.34. The van der Waals surface area contributed by atoms with Gasteiger partial charge in [-0.05, 0) is 64.0 Å². The molecule has 3 heteroatoms.